The van der Waals surface area contributed by atoms with Gasteiger partial charge in [-0.1, -0.05) is 0 Å². The number of nitrogens with zero attached hydrogens (tertiary/aromatic N) is 6. The van der Waals surface area contributed by atoms with Crippen LogP contribution in [0.3, 0.4) is 0 Å². The summed E-state index contributed by atoms with van der Waals surface area (Å²) in [6, 6.07) is 8.32. The van der Waals surface area contributed by atoms with Gasteiger partial charge in [0.25, 0.3) is 0 Å². The summed E-state index contributed by atoms with van der Waals surface area (Å²) < 4.78 is 4.13. The first kappa shape index (κ1) is 19.4. The summed E-state index contributed by atoms with van der Waals surface area (Å²) in [5.41, 5.74) is 6.54. The van der Waals surface area contributed by atoms with Crippen LogP contribution in [0.25, 0.3) is 28.1 Å². The highest BCUT2D eigenvalue weighted by Gasteiger charge is 2.18. The smallest absolute Gasteiger partial charge is 0.182 e. The summed E-state index contributed by atoms with van der Waals surface area (Å²) in [4.78, 5) is 13.2. The van der Waals surface area contributed by atoms with Crippen molar-refractivity contribution in [2.24, 2.45) is 0 Å². The number of quaternary nitrogens is 1. The molecule has 0 saturated carbocycles. The molecule has 0 aliphatic carbocycles. The Balaban J connectivity index is 1.78. The third kappa shape index (κ3) is 3.46. The van der Waals surface area contributed by atoms with Crippen molar-refractivity contribution in [3.05, 3.63) is 41.9 Å². The SMILES string of the molecule is Cc1c(C)n(CCC[NH+](C)C)c2ncn3nc(-c4ccc(N(C)C)cc4)nc3c12. The molecule has 29 heavy (non-hydrogen) atoms. The van der Waals surface area contributed by atoms with Gasteiger partial charge in [-0.25, -0.2) is 14.5 Å². The summed E-state index contributed by atoms with van der Waals surface area (Å²) >= 11 is 0. The zero-order valence-electron chi connectivity index (χ0n) is 18.2. The summed E-state index contributed by atoms with van der Waals surface area (Å²) in [6.45, 7) is 6.44. The molecule has 4 aromatic rings. The van der Waals surface area contributed by atoms with E-state index < -0.39 is 0 Å². The van der Waals surface area contributed by atoms with Crippen molar-refractivity contribution < 1.29 is 4.90 Å². The van der Waals surface area contributed by atoms with E-state index in [1.165, 1.54) is 16.2 Å². The number of hydrogen-bond acceptors (Lipinski definition) is 4. The van der Waals surface area contributed by atoms with Crippen LogP contribution in [0.5, 0.6) is 0 Å². The Bertz CT molecular complexity index is 1150. The predicted molar refractivity (Wildman–Crippen MR) is 118 cm³/mol. The molecule has 3 aromatic heterocycles. The average Bonchev–Trinajstić information content (AvgIpc) is 3.22. The minimum absolute atomic E-state index is 0.727. The van der Waals surface area contributed by atoms with E-state index in [-0.39, 0.29) is 0 Å². The van der Waals surface area contributed by atoms with Gasteiger partial charge in [0.15, 0.2) is 11.5 Å². The van der Waals surface area contributed by atoms with E-state index in [0.717, 1.165) is 53.3 Å². The van der Waals surface area contributed by atoms with Crippen LogP contribution in [-0.2, 0) is 6.54 Å². The van der Waals surface area contributed by atoms with Crippen LogP contribution in [0.4, 0.5) is 5.69 Å². The molecule has 3 heterocycles. The highest BCUT2D eigenvalue weighted by molar-refractivity contribution is 5.94. The molecule has 0 radical (unpaired) electrons. The van der Waals surface area contributed by atoms with Crippen molar-refractivity contribution in [2.45, 2.75) is 26.8 Å². The number of nitrogens with one attached hydrogen (secondary N) is 1. The van der Waals surface area contributed by atoms with Crippen molar-refractivity contribution in [1.82, 2.24) is 24.1 Å². The first-order valence-electron chi connectivity index (χ1n) is 10.1. The zero-order valence-corrected chi connectivity index (χ0v) is 18.2. The number of anilines is 1. The standard InChI is InChI=1S/C22H29N7/c1-15-16(2)28(13-7-12-26(3)4)21-19(15)22-24-20(25-29(22)14-23-21)17-8-10-18(11-9-17)27(5)6/h8-11,14H,7,12-13H2,1-6H3/p+1. The van der Waals surface area contributed by atoms with E-state index in [4.69, 9.17) is 9.97 Å². The molecule has 0 amide bonds. The Hall–Kier alpha value is -2.93. The topological polar surface area (TPSA) is 55.7 Å². The molecule has 0 spiro atoms. The number of benzene rings is 1. The van der Waals surface area contributed by atoms with Gasteiger partial charge < -0.3 is 14.4 Å². The quantitative estimate of drug-likeness (QED) is 0.545. The molecule has 0 atom stereocenters. The van der Waals surface area contributed by atoms with Gasteiger partial charge in [0, 0.05) is 44.0 Å². The fourth-order valence-corrected chi connectivity index (χ4v) is 3.83. The van der Waals surface area contributed by atoms with Crippen LogP contribution in [0.15, 0.2) is 30.6 Å². The van der Waals surface area contributed by atoms with Crippen molar-refractivity contribution in [1.29, 1.82) is 0 Å². The monoisotopic (exact) mass is 392 g/mol. The molecule has 0 fully saturated rings. The second kappa shape index (κ2) is 7.48. The van der Waals surface area contributed by atoms with E-state index in [1.807, 2.05) is 14.1 Å². The van der Waals surface area contributed by atoms with Gasteiger partial charge in [-0.15, -0.1) is 5.10 Å². The molecule has 0 aliphatic rings. The van der Waals surface area contributed by atoms with Gasteiger partial charge in [0.2, 0.25) is 0 Å². The van der Waals surface area contributed by atoms with E-state index in [0.29, 0.717) is 0 Å². The molecular weight excluding hydrogens is 362 g/mol. The number of aromatic nitrogens is 5. The number of hydrogen-bond donors (Lipinski definition) is 1. The van der Waals surface area contributed by atoms with Gasteiger partial charge in [-0.3, -0.25) is 0 Å². The van der Waals surface area contributed by atoms with Crippen molar-refractivity contribution in [3.63, 3.8) is 0 Å². The second-order valence-corrected chi connectivity index (χ2v) is 8.26. The first-order chi connectivity index (χ1) is 13.9. The van der Waals surface area contributed by atoms with Crippen LogP contribution < -0.4 is 9.80 Å². The molecule has 152 valence electrons. The Labute approximate surface area is 171 Å². The molecule has 0 unspecified atom stereocenters. The van der Waals surface area contributed by atoms with Crippen LogP contribution in [-0.4, -0.2) is 58.9 Å². The molecule has 7 nitrogen and oxygen atoms in total. The predicted octanol–water partition coefficient (Wildman–Crippen LogP) is 1.96. The lowest BCUT2D eigenvalue weighted by molar-refractivity contribution is -0.858. The van der Waals surface area contributed by atoms with Crippen LogP contribution in [0.2, 0.25) is 0 Å². The Morgan fingerprint density at radius 1 is 1.03 bits per heavy atom. The zero-order chi connectivity index (χ0) is 20.7. The molecular formula is C22H30N7+. The van der Waals surface area contributed by atoms with Crippen LogP contribution in [0, 0.1) is 13.8 Å². The number of aryl methyl sites for hydroxylation is 2. The Morgan fingerprint density at radius 2 is 1.76 bits per heavy atom. The van der Waals surface area contributed by atoms with Gasteiger partial charge >= 0.3 is 0 Å². The van der Waals surface area contributed by atoms with E-state index in [2.05, 4.69) is 66.8 Å². The highest BCUT2D eigenvalue weighted by atomic mass is 15.3. The maximum Gasteiger partial charge on any atom is 0.182 e. The summed E-state index contributed by atoms with van der Waals surface area (Å²) in [6.07, 6.45) is 2.91. The maximum atomic E-state index is 4.89. The van der Waals surface area contributed by atoms with E-state index in [1.54, 1.807) is 10.8 Å². The molecule has 1 aromatic carbocycles. The number of rotatable bonds is 6. The van der Waals surface area contributed by atoms with Gasteiger partial charge in [0.05, 0.1) is 26.0 Å². The Kier molecular flexibility index (Phi) is 5.00. The van der Waals surface area contributed by atoms with Crippen molar-refractivity contribution >= 4 is 22.4 Å². The van der Waals surface area contributed by atoms with Gasteiger partial charge in [-0.05, 0) is 43.7 Å². The lowest BCUT2D eigenvalue weighted by Gasteiger charge is -2.11. The van der Waals surface area contributed by atoms with Crippen LogP contribution in [0.1, 0.15) is 17.7 Å². The molecule has 0 bridgehead atoms. The number of fused-ring (bicyclic) bond motifs is 3. The molecule has 7 heteroatoms. The summed E-state index contributed by atoms with van der Waals surface area (Å²) in [7, 11) is 8.46. The second-order valence-electron chi connectivity index (χ2n) is 8.26. The fourth-order valence-electron chi connectivity index (χ4n) is 3.83. The molecule has 4 rings (SSSR count). The van der Waals surface area contributed by atoms with Crippen molar-refractivity contribution in [2.75, 3.05) is 39.6 Å². The third-order valence-electron chi connectivity index (χ3n) is 5.65. The first-order valence-corrected chi connectivity index (χ1v) is 10.1. The summed E-state index contributed by atoms with van der Waals surface area (Å²) in [5, 5.41) is 5.79. The molecule has 0 saturated heterocycles. The van der Waals surface area contributed by atoms with Gasteiger partial charge in [-0.2, -0.15) is 0 Å². The lowest BCUT2D eigenvalue weighted by atomic mass is 10.2. The lowest BCUT2D eigenvalue weighted by Crippen LogP contribution is -3.05. The Morgan fingerprint density at radius 3 is 2.41 bits per heavy atom. The minimum atomic E-state index is 0.727. The highest BCUT2D eigenvalue weighted by Crippen LogP contribution is 2.28. The molecule has 0 aliphatic heterocycles. The molecule has 1 N–H and O–H groups in total. The van der Waals surface area contributed by atoms with E-state index >= 15 is 0 Å². The largest absolute Gasteiger partial charge is 0.378 e. The summed E-state index contributed by atoms with van der Waals surface area (Å²) in [5.74, 6) is 0.727. The fraction of sp³-hybridized carbons (Fsp3) is 0.409. The normalized spacial score (nSPS) is 11.8. The van der Waals surface area contributed by atoms with Crippen LogP contribution >= 0.6 is 0 Å². The third-order valence-corrected chi connectivity index (χ3v) is 5.65. The van der Waals surface area contributed by atoms with E-state index in [9.17, 15) is 0 Å². The van der Waals surface area contributed by atoms with Gasteiger partial charge in [0.1, 0.15) is 12.0 Å². The minimum Gasteiger partial charge on any atom is -0.378 e. The maximum absolute atomic E-state index is 4.89. The average molecular weight is 393 g/mol. The van der Waals surface area contributed by atoms with Crippen molar-refractivity contribution in [3.8, 4) is 11.4 Å².